The van der Waals surface area contributed by atoms with Crippen molar-refractivity contribution >= 4 is 0 Å². The molecular weight excluding hydrogens is 360 g/mol. The zero-order chi connectivity index (χ0) is 19.1. The van der Waals surface area contributed by atoms with Crippen LogP contribution in [0.4, 0.5) is 8.78 Å². The van der Waals surface area contributed by atoms with Crippen molar-refractivity contribution in [1.29, 1.82) is 0 Å². The van der Waals surface area contributed by atoms with Gasteiger partial charge in [0.15, 0.2) is 0 Å². The van der Waals surface area contributed by atoms with Gasteiger partial charge in [-0.05, 0) is 53.9 Å². The summed E-state index contributed by atoms with van der Waals surface area (Å²) < 4.78 is 35.2. The van der Waals surface area contributed by atoms with Crippen molar-refractivity contribution in [2.75, 3.05) is 13.1 Å². The molecule has 1 aromatic heterocycles. The fraction of sp³-hybridized carbons (Fsp3) is 0.318. The van der Waals surface area contributed by atoms with Gasteiger partial charge in [-0.25, -0.2) is 13.8 Å². The second-order valence-corrected chi connectivity index (χ2v) is 7.71. The molecule has 3 aromatic rings. The summed E-state index contributed by atoms with van der Waals surface area (Å²) >= 11 is 0. The normalized spacial score (nSPS) is 21.9. The van der Waals surface area contributed by atoms with Crippen molar-refractivity contribution in [2.45, 2.75) is 31.7 Å². The first-order valence-corrected chi connectivity index (χ1v) is 9.51. The smallest absolute Gasteiger partial charge is 0.135 e. The lowest BCUT2D eigenvalue weighted by Crippen LogP contribution is -2.44. The van der Waals surface area contributed by atoms with Crippen molar-refractivity contribution in [1.82, 2.24) is 14.5 Å². The highest BCUT2D eigenvalue weighted by atomic mass is 19.1. The Morgan fingerprint density at radius 2 is 1.89 bits per heavy atom. The molecule has 28 heavy (non-hydrogen) atoms. The molecule has 6 heteroatoms. The van der Waals surface area contributed by atoms with Gasteiger partial charge in [-0.2, -0.15) is 0 Å². The van der Waals surface area contributed by atoms with Gasteiger partial charge in [0.25, 0.3) is 0 Å². The van der Waals surface area contributed by atoms with Gasteiger partial charge in [-0.1, -0.05) is 12.1 Å². The fourth-order valence-electron chi connectivity index (χ4n) is 4.31. The lowest BCUT2D eigenvalue weighted by molar-refractivity contribution is -0.0821. The molecule has 0 bridgehead atoms. The van der Waals surface area contributed by atoms with Crippen molar-refractivity contribution < 1.29 is 13.5 Å². The second-order valence-electron chi connectivity index (χ2n) is 7.71. The highest BCUT2D eigenvalue weighted by molar-refractivity contribution is 5.59. The van der Waals surface area contributed by atoms with E-state index in [1.807, 2.05) is 12.3 Å². The van der Waals surface area contributed by atoms with E-state index in [4.69, 9.17) is 4.74 Å². The number of likely N-dealkylation sites (tertiary alicyclic amines) is 1. The van der Waals surface area contributed by atoms with Crippen LogP contribution < -0.4 is 0 Å². The van der Waals surface area contributed by atoms with Crippen LogP contribution >= 0.6 is 0 Å². The number of halogens is 2. The summed E-state index contributed by atoms with van der Waals surface area (Å²) in [5.74, 6) is 0.451. The first-order chi connectivity index (χ1) is 13.6. The Balaban J connectivity index is 1.35. The van der Waals surface area contributed by atoms with E-state index in [1.165, 1.54) is 18.2 Å². The largest absolute Gasteiger partial charge is 0.364 e. The monoisotopic (exact) mass is 381 g/mol. The van der Waals surface area contributed by atoms with Crippen LogP contribution in [0.2, 0.25) is 0 Å². The van der Waals surface area contributed by atoms with Crippen molar-refractivity contribution in [2.24, 2.45) is 0 Å². The summed E-state index contributed by atoms with van der Waals surface area (Å²) in [4.78, 5) is 6.81. The number of ether oxygens (including phenoxy) is 1. The number of nitrogens with zero attached hydrogens (tertiary/aromatic N) is 3. The van der Waals surface area contributed by atoms with E-state index in [2.05, 4.69) is 14.5 Å². The molecule has 0 aliphatic carbocycles. The van der Waals surface area contributed by atoms with Crippen molar-refractivity contribution in [3.05, 3.63) is 77.8 Å². The molecule has 144 valence electrons. The van der Waals surface area contributed by atoms with Crippen LogP contribution in [0.1, 0.15) is 17.8 Å². The summed E-state index contributed by atoms with van der Waals surface area (Å²) in [5.41, 5.74) is 2.65. The Hall–Kier alpha value is -2.57. The fourth-order valence-corrected chi connectivity index (χ4v) is 4.31. The van der Waals surface area contributed by atoms with Gasteiger partial charge in [-0.15, -0.1) is 0 Å². The molecular formula is C22H21F2N3O. The van der Waals surface area contributed by atoms with Gasteiger partial charge < -0.3 is 9.30 Å². The summed E-state index contributed by atoms with van der Waals surface area (Å²) in [6.07, 6.45) is 2.76. The maximum atomic E-state index is 13.5. The standard InChI is InChI=1S/C22H21F2N3O/c23-18-6-4-17(5-7-18)20-11-25-21-13-28-22(15-27(20)21)8-9-26(14-22)12-16-2-1-3-19(24)10-16/h1-7,10-11H,8-9,12-15H2/t22-/m1/s1. The number of hydrogen-bond acceptors (Lipinski definition) is 3. The minimum Gasteiger partial charge on any atom is -0.364 e. The number of imidazole rings is 1. The van der Waals surface area contributed by atoms with E-state index in [9.17, 15) is 8.78 Å². The van der Waals surface area contributed by atoms with Gasteiger partial charge in [0.2, 0.25) is 0 Å². The Labute approximate surface area is 162 Å². The van der Waals surface area contributed by atoms with Crippen LogP contribution in [-0.4, -0.2) is 33.1 Å². The zero-order valence-corrected chi connectivity index (χ0v) is 15.4. The SMILES string of the molecule is Fc1ccc(-c2cnc3n2C[C@]2(CCN(Cc4cccc(F)c4)C2)OC3)cc1. The molecule has 2 aliphatic heterocycles. The van der Waals surface area contributed by atoms with E-state index in [0.717, 1.165) is 42.2 Å². The summed E-state index contributed by atoms with van der Waals surface area (Å²) in [7, 11) is 0. The number of fused-ring (bicyclic) bond motifs is 1. The molecule has 1 spiro atoms. The lowest BCUT2D eigenvalue weighted by atomic mass is 10.0. The second kappa shape index (κ2) is 6.79. The Morgan fingerprint density at radius 3 is 2.71 bits per heavy atom. The topological polar surface area (TPSA) is 30.3 Å². The number of rotatable bonds is 3. The molecule has 2 aliphatic rings. The quantitative estimate of drug-likeness (QED) is 0.687. The average molecular weight is 381 g/mol. The Kier molecular flexibility index (Phi) is 4.25. The molecule has 0 N–H and O–H groups in total. The van der Waals surface area contributed by atoms with Crippen LogP contribution in [0.5, 0.6) is 0 Å². The molecule has 3 heterocycles. The van der Waals surface area contributed by atoms with Crippen LogP contribution in [0, 0.1) is 11.6 Å². The number of aromatic nitrogens is 2. The van der Waals surface area contributed by atoms with E-state index >= 15 is 0 Å². The van der Waals surface area contributed by atoms with E-state index in [-0.39, 0.29) is 17.2 Å². The molecule has 0 amide bonds. The van der Waals surface area contributed by atoms with Crippen molar-refractivity contribution in [3.63, 3.8) is 0 Å². The maximum Gasteiger partial charge on any atom is 0.135 e. The van der Waals surface area contributed by atoms with Crippen LogP contribution in [0.25, 0.3) is 11.3 Å². The molecule has 1 saturated heterocycles. The third kappa shape index (κ3) is 3.23. The van der Waals surface area contributed by atoms with E-state index < -0.39 is 0 Å². The van der Waals surface area contributed by atoms with Gasteiger partial charge in [0.1, 0.15) is 29.7 Å². The van der Waals surface area contributed by atoms with Crippen molar-refractivity contribution in [3.8, 4) is 11.3 Å². The molecule has 0 unspecified atom stereocenters. The van der Waals surface area contributed by atoms with Gasteiger partial charge in [0, 0.05) is 19.6 Å². The van der Waals surface area contributed by atoms with E-state index in [0.29, 0.717) is 19.7 Å². The first-order valence-electron chi connectivity index (χ1n) is 9.51. The van der Waals surface area contributed by atoms with Crippen LogP contribution in [0.15, 0.2) is 54.7 Å². The first kappa shape index (κ1) is 17.5. The summed E-state index contributed by atoms with van der Waals surface area (Å²) in [6, 6.07) is 13.3. The minimum absolute atomic E-state index is 0.202. The molecule has 0 saturated carbocycles. The predicted octanol–water partition coefficient (Wildman–Crippen LogP) is 4.00. The minimum atomic E-state index is -0.268. The summed E-state index contributed by atoms with van der Waals surface area (Å²) in [6.45, 7) is 3.60. The third-order valence-corrected chi connectivity index (χ3v) is 5.72. The maximum absolute atomic E-state index is 13.5. The average Bonchev–Trinajstić information content (AvgIpc) is 3.27. The number of hydrogen-bond donors (Lipinski definition) is 0. The Morgan fingerprint density at radius 1 is 1.04 bits per heavy atom. The third-order valence-electron chi connectivity index (χ3n) is 5.72. The van der Waals surface area contributed by atoms with Crippen LogP contribution in [-0.2, 0) is 24.4 Å². The lowest BCUT2D eigenvalue weighted by Gasteiger charge is -2.35. The van der Waals surface area contributed by atoms with E-state index in [1.54, 1.807) is 24.3 Å². The predicted molar refractivity (Wildman–Crippen MR) is 101 cm³/mol. The van der Waals surface area contributed by atoms with Gasteiger partial charge in [0.05, 0.1) is 18.4 Å². The van der Waals surface area contributed by atoms with Gasteiger partial charge in [-0.3, -0.25) is 4.90 Å². The zero-order valence-electron chi connectivity index (χ0n) is 15.4. The molecule has 4 nitrogen and oxygen atoms in total. The molecule has 0 radical (unpaired) electrons. The van der Waals surface area contributed by atoms with Gasteiger partial charge >= 0.3 is 0 Å². The van der Waals surface area contributed by atoms with Crippen LogP contribution in [0.3, 0.4) is 0 Å². The highest BCUT2D eigenvalue weighted by Crippen LogP contribution is 2.35. The number of benzene rings is 2. The highest BCUT2D eigenvalue weighted by Gasteiger charge is 2.43. The molecule has 1 atom stereocenters. The summed E-state index contributed by atoms with van der Waals surface area (Å²) in [5, 5.41) is 0. The Bertz CT molecular complexity index is 1000. The molecule has 5 rings (SSSR count). The molecule has 1 fully saturated rings. The molecule has 2 aromatic carbocycles.